The van der Waals surface area contributed by atoms with E-state index in [2.05, 4.69) is 16.2 Å². The van der Waals surface area contributed by atoms with Crippen molar-refractivity contribution in [3.8, 4) is 28.6 Å². The van der Waals surface area contributed by atoms with Crippen molar-refractivity contribution in [3.63, 3.8) is 0 Å². The molecule has 4 rings (SSSR count). The van der Waals surface area contributed by atoms with Crippen LogP contribution in [0, 0.1) is 11.3 Å². The molecule has 5 nitrogen and oxygen atoms in total. The van der Waals surface area contributed by atoms with Gasteiger partial charge in [-0.3, -0.25) is 4.79 Å². The van der Waals surface area contributed by atoms with Crippen LogP contribution in [-0.4, -0.2) is 20.9 Å². The van der Waals surface area contributed by atoms with E-state index in [1.54, 1.807) is 35.0 Å². The number of aldehydes is 1. The quantitative estimate of drug-likeness (QED) is 0.538. The Balaban J connectivity index is 1.81. The van der Waals surface area contributed by atoms with Gasteiger partial charge in [-0.1, -0.05) is 36.4 Å². The van der Waals surface area contributed by atoms with Crippen molar-refractivity contribution in [2.24, 2.45) is 0 Å². The van der Waals surface area contributed by atoms with E-state index in [4.69, 9.17) is 5.26 Å². The molecule has 0 aliphatic carbocycles. The molecule has 5 heteroatoms. The van der Waals surface area contributed by atoms with Crippen molar-refractivity contribution in [2.75, 3.05) is 0 Å². The van der Waals surface area contributed by atoms with Crippen molar-refractivity contribution in [1.82, 2.24) is 14.6 Å². The van der Waals surface area contributed by atoms with E-state index in [1.807, 2.05) is 36.4 Å². The van der Waals surface area contributed by atoms with Gasteiger partial charge in [0.05, 0.1) is 29.2 Å². The molecule has 0 aliphatic heterocycles. The lowest BCUT2D eigenvalue weighted by atomic mass is 10.1. The Kier molecular flexibility index (Phi) is 3.56. The standard InChI is InChI=1S/C20H12N4O/c21-11-14-1-7-17(8-2-14)19-12-22-20-10-9-18(23-24(19)20)16-5-3-15(13-25)4-6-16/h1-10,12-13H. The van der Waals surface area contributed by atoms with Crippen molar-refractivity contribution in [3.05, 3.63) is 78.0 Å². The molecular weight excluding hydrogens is 312 g/mol. The normalized spacial score (nSPS) is 10.5. The number of rotatable bonds is 3. The maximum atomic E-state index is 10.8. The highest BCUT2D eigenvalue weighted by Gasteiger charge is 2.09. The number of fused-ring (bicyclic) bond motifs is 1. The predicted octanol–water partition coefficient (Wildman–Crippen LogP) is 3.75. The molecule has 0 spiro atoms. The zero-order chi connectivity index (χ0) is 17.2. The summed E-state index contributed by atoms with van der Waals surface area (Å²) in [4.78, 5) is 15.2. The zero-order valence-corrected chi connectivity index (χ0v) is 13.1. The Bertz CT molecular complexity index is 1100. The number of carbonyl (C=O) groups is 1. The first kappa shape index (κ1) is 14.8. The first-order valence-corrected chi connectivity index (χ1v) is 7.69. The molecule has 0 saturated heterocycles. The summed E-state index contributed by atoms with van der Waals surface area (Å²) in [5.41, 5.74) is 5.49. The molecule has 0 atom stereocenters. The molecule has 2 aromatic carbocycles. The van der Waals surface area contributed by atoms with Crippen LogP contribution in [0.25, 0.3) is 28.2 Å². The van der Waals surface area contributed by atoms with Crippen LogP contribution in [0.15, 0.2) is 66.9 Å². The molecule has 25 heavy (non-hydrogen) atoms. The number of hydrogen-bond donors (Lipinski definition) is 0. The van der Waals surface area contributed by atoms with E-state index in [9.17, 15) is 4.79 Å². The molecule has 0 aliphatic rings. The van der Waals surface area contributed by atoms with Crippen LogP contribution in [0.3, 0.4) is 0 Å². The van der Waals surface area contributed by atoms with Crippen LogP contribution < -0.4 is 0 Å². The van der Waals surface area contributed by atoms with Crippen molar-refractivity contribution in [2.45, 2.75) is 0 Å². The fraction of sp³-hybridized carbons (Fsp3) is 0. The van der Waals surface area contributed by atoms with E-state index in [0.29, 0.717) is 11.1 Å². The molecule has 0 saturated carbocycles. The minimum atomic E-state index is 0.612. The Morgan fingerprint density at radius 2 is 1.64 bits per heavy atom. The topological polar surface area (TPSA) is 71.0 Å². The van der Waals surface area contributed by atoms with Crippen molar-refractivity contribution < 1.29 is 4.79 Å². The highest BCUT2D eigenvalue weighted by Crippen LogP contribution is 2.23. The van der Waals surface area contributed by atoms with Gasteiger partial charge in [-0.05, 0) is 24.3 Å². The average Bonchev–Trinajstić information content (AvgIpc) is 3.11. The van der Waals surface area contributed by atoms with Crippen LogP contribution >= 0.6 is 0 Å². The molecule has 0 N–H and O–H groups in total. The van der Waals surface area contributed by atoms with Crippen LogP contribution in [0.5, 0.6) is 0 Å². The Morgan fingerprint density at radius 1 is 0.920 bits per heavy atom. The maximum absolute atomic E-state index is 10.8. The molecule has 0 bridgehead atoms. The third-order valence-electron chi connectivity index (χ3n) is 4.01. The van der Waals surface area contributed by atoms with Gasteiger partial charge in [-0.25, -0.2) is 9.50 Å². The van der Waals surface area contributed by atoms with E-state index in [1.165, 1.54) is 0 Å². The second-order valence-corrected chi connectivity index (χ2v) is 5.56. The minimum absolute atomic E-state index is 0.612. The smallest absolute Gasteiger partial charge is 0.154 e. The monoisotopic (exact) mass is 324 g/mol. The molecule has 0 radical (unpaired) electrons. The Morgan fingerprint density at radius 3 is 2.32 bits per heavy atom. The Labute approximate surface area is 143 Å². The summed E-state index contributed by atoms with van der Waals surface area (Å²) < 4.78 is 1.78. The van der Waals surface area contributed by atoms with Crippen LogP contribution in [0.4, 0.5) is 0 Å². The van der Waals surface area contributed by atoms with Gasteiger partial charge in [0.2, 0.25) is 0 Å². The average molecular weight is 324 g/mol. The third-order valence-corrected chi connectivity index (χ3v) is 4.01. The molecule has 0 fully saturated rings. The van der Waals surface area contributed by atoms with Gasteiger partial charge < -0.3 is 0 Å². The van der Waals surface area contributed by atoms with Gasteiger partial charge >= 0.3 is 0 Å². The second kappa shape index (κ2) is 6.02. The summed E-state index contributed by atoms with van der Waals surface area (Å²) in [7, 11) is 0. The van der Waals surface area contributed by atoms with Crippen LogP contribution in [0.1, 0.15) is 15.9 Å². The summed E-state index contributed by atoms with van der Waals surface area (Å²) in [6.45, 7) is 0. The maximum Gasteiger partial charge on any atom is 0.154 e. The number of aromatic nitrogens is 3. The number of carbonyl (C=O) groups excluding carboxylic acids is 1. The van der Waals surface area contributed by atoms with E-state index < -0.39 is 0 Å². The molecule has 118 valence electrons. The largest absolute Gasteiger partial charge is 0.298 e. The third kappa shape index (κ3) is 2.66. The first-order chi connectivity index (χ1) is 12.3. The van der Waals surface area contributed by atoms with E-state index in [0.717, 1.165) is 34.4 Å². The number of hydrogen-bond acceptors (Lipinski definition) is 4. The number of benzene rings is 2. The summed E-state index contributed by atoms with van der Waals surface area (Å²) >= 11 is 0. The highest BCUT2D eigenvalue weighted by atomic mass is 16.1. The minimum Gasteiger partial charge on any atom is -0.298 e. The fourth-order valence-corrected chi connectivity index (χ4v) is 2.67. The molecule has 2 heterocycles. The van der Waals surface area contributed by atoms with Crippen molar-refractivity contribution in [1.29, 1.82) is 5.26 Å². The van der Waals surface area contributed by atoms with Gasteiger partial charge in [-0.2, -0.15) is 10.4 Å². The van der Waals surface area contributed by atoms with E-state index >= 15 is 0 Å². The van der Waals surface area contributed by atoms with Gasteiger partial charge in [0.15, 0.2) is 5.65 Å². The summed E-state index contributed by atoms with van der Waals surface area (Å²) in [6, 6.07) is 20.5. The molecular formula is C20H12N4O. The molecule has 0 unspecified atom stereocenters. The first-order valence-electron chi connectivity index (χ1n) is 7.69. The highest BCUT2D eigenvalue weighted by molar-refractivity contribution is 5.76. The number of imidazole rings is 1. The summed E-state index contributed by atoms with van der Waals surface area (Å²) in [5, 5.41) is 13.6. The summed E-state index contributed by atoms with van der Waals surface area (Å²) in [5.74, 6) is 0. The Hall–Kier alpha value is -3.78. The lowest BCUT2D eigenvalue weighted by molar-refractivity contribution is 0.112. The lowest BCUT2D eigenvalue weighted by Crippen LogP contribution is -1.97. The van der Waals surface area contributed by atoms with E-state index in [-0.39, 0.29) is 0 Å². The van der Waals surface area contributed by atoms with Gasteiger partial charge in [0.1, 0.15) is 6.29 Å². The molecule has 4 aromatic rings. The second-order valence-electron chi connectivity index (χ2n) is 5.56. The van der Waals surface area contributed by atoms with Crippen LogP contribution in [-0.2, 0) is 0 Å². The van der Waals surface area contributed by atoms with Crippen LogP contribution in [0.2, 0.25) is 0 Å². The fourth-order valence-electron chi connectivity index (χ4n) is 2.67. The van der Waals surface area contributed by atoms with Gasteiger partial charge in [0, 0.05) is 16.7 Å². The predicted molar refractivity (Wildman–Crippen MR) is 94.0 cm³/mol. The van der Waals surface area contributed by atoms with Gasteiger partial charge in [0.25, 0.3) is 0 Å². The number of nitrogens with zero attached hydrogens (tertiary/aromatic N) is 4. The van der Waals surface area contributed by atoms with Crippen molar-refractivity contribution >= 4 is 11.9 Å². The summed E-state index contributed by atoms with van der Waals surface area (Å²) in [6.07, 6.45) is 2.59. The number of nitriles is 1. The zero-order valence-electron chi connectivity index (χ0n) is 13.1. The molecule has 0 amide bonds. The lowest BCUT2D eigenvalue weighted by Gasteiger charge is -2.05. The van der Waals surface area contributed by atoms with Gasteiger partial charge in [-0.15, -0.1) is 0 Å². The molecule has 2 aromatic heterocycles. The SMILES string of the molecule is N#Cc1ccc(-c2cnc3ccc(-c4ccc(C=O)cc4)nn23)cc1.